The van der Waals surface area contributed by atoms with E-state index in [2.05, 4.69) is 17.1 Å². The number of carbonyl (C=O) groups is 1. The lowest BCUT2D eigenvalue weighted by atomic mass is 9.84. The van der Waals surface area contributed by atoms with Crippen LogP contribution in [0.15, 0.2) is 10.9 Å². The van der Waals surface area contributed by atoms with Crippen molar-refractivity contribution in [2.24, 2.45) is 0 Å². The number of rotatable bonds is 2. The van der Waals surface area contributed by atoms with Crippen LogP contribution in [-0.2, 0) is 10.2 Å². The second-order valence-corrected chi connectivity index (χ2v) is 6.03. The molecule has 0 N–H and O–H groups in total. The molecule has 19 heavy (non-hydrogen) atoms. The third-order valence-corrected chi connectivity index (χ3v) is 3.50. The summed E-state index contributed by atoms with van der Waals surface area (Å²) in [6.45, 7) is 8.90. The quantitative estimate of drug-likeness (QED) is 0.822. The molecule has 1 aliphatic heterocycles. The van der Waals surface area contributed by atoms with E-state index in [-0.39, 0.29) is 11.5 Å². The fourth-order valence-corrected chi connectivity index (χ4v) is 2.38. The Morgan fingerprint density at radius 3 is 2.84 bits per heavy atom. The van der Waals surface area contributed by atoms with Gasteiger partial charge < -0.3 is 14.2 Å². The van der Waals surface area contributed by atoms with Gasteiger partial charge in [0, 0.05) is 13.1 Å². The highest BCUT2D eigenvalue weighted by atomic mass is 16.6. The van der Waals surface area contributed by atoms with E-state index in [1.54, 1.807) is 4.90 Å². The number of hydrogen-bond acceptors (Lipinski definition) is 5. The maximum Gasteiger partial charge on any atom is 0.410 e. The van der Waals surface area contributed by atoms with Gasteiger partial charge in [-0.05, 0) is 33.6 Å². The Balaban J connectivity index is 2.08. The van der Waals surface area contributed by atoms with Crippen LogP contribution >= 0.6 is 0 Å². The zero-order valence-electron chi connectivity index (χ0n) is 12.0. The van der Waals surface area contributed by atoms with Gasteiger partial charge in [-0.1, -0.05) is 12.1 Å². The monoisotopic (exact) mass is 267 g/mol. The number of hydrogen-bond donors (Lipinski definition) is 0. The molecule has 0 bridgehead atoms. The summed E-state index contributed by atoms with van der Waals surface area (Å²) < 4.78 is 10.6. The number of ether oxygens (including phenoxy) is 1. The summed E-state index contributed by atoms with van der Waals surface area (Å²) in [6.07, 6.45) is 2.81. The zero-order chi connectivity index (χ0) is 14.1. The smallest absolute Gasteiger partial charge is 0.410 e. The van der Waals surface area contributed by atoms with Gasteiger partial charge in [0.2, 0.25) is 5.89 Å². The van der Waals surface area contributed by atoms with E-state index in [4.69, 9.17) is 9.26 Å². The van der Waals surface area contributed by atoms with Crippen LogP contribution in [0.1, 0.15) is 46.4 Å². The number of aromatic nitrogens is 2. The normalized spacial score (nSPS) is 23.7. The second-order valence-electron chi connectivity index (χ2n) is 6.03. The van der Waals surface area contributed by atoms with Crippen molar-refractivity contribution in [3.8, 4) is 0 Å². The Morgan fingerprint density at radius 1 is 1.58 bits per heavy atom. The highest BCUT2D eigenvalue weighted by molar-refractivity contribution is 5.68. The predicted octanol–water partition coefficient (Wildman–Crippen LogP) is 2.36. The summed E-state index contributed by atoms with van der Waals surface area (Å²) in [6, 6.07) is 0. The molecule has 2 rings (SSSR count). The molecule has 1 saturated heterocycles. The van der Waals surface area contributed by atoms with Crippen molar-refractivity contribution in [2.45, 2.75) is 51.6 Å². The van der Waals surface area contributed by atoms with Crippen molar-refractivity contribution in [2.75, 3.05) is 13.1 Å². The molecular weight excluding hydrogens is 246 g/mol. The molecule has 1 amide bonds. The van der Waals surface area contributed by atoms with E-state index in [0.717, 1.165) is 12.8 Å². The van der Waals surface area contributed by atoms with E-state index in [1.807, 2.05) is 20.8 Å². The molecule has 1 aromatic heterocycles. The molecule has 0 spiro atoms. The standard InChI is InChI=1S/C13H21N3O3/c1-5-13(10-14-9-15-19-10)6-7-16(8-13)11(17)18-12(2,3)4/h9H,5-8H2,1-4H3/t13-/m1/s1. The van der Waals surface area contributed by atoms with Gasteiger partial charge >= 0.3 is 6.09 Å². The minimum absolute atomic E-state index is 0.229. The van der Waals surface area contributed by atoms with Crippen molar-refractivity contribution < 1.29 is 14.1 Å². The Kier molecular flexibility index (Phi) is 3.52. The predicted molar refractivity (Wildman–Crippen MR) is 68.7 cm³/mol. The molecule has 1 fully saturated rings. The number of carbonyl (C=O) groups excluding carboxylic acids is 1. The number of likely N-dealkylation sites (tertiary alicyclic amines) is 1. The average molecular weight is 267 g/mol. The number of nitrogens with zero attached hydrogens (tertiary/aromatic N) is 3. The third-order valence-electron chi connectivity index (χ3n) is 3.50. The van der Waals surface area contributed by atoms with Gasteiger partial charge in [-0.2, -0.15) is 4.98 Å². The van der Waals surface area contributed by atoms with Crippen LogP contribution in [0, 0.1) is 0 Å². The van der Waals surface area contributed by atoms with Gasteiger partial charge in [-0.3, -0.25) is 0 Å². The Bertz CT molecular complexity index is 438. The number of amides is 1. The maximum atomic E-state index is 12.1. The summed E-state index contributed by atoms with van der Waals surface area (Å²) in [5.41, 5.74) is -0.702. The fraction of sp³-hybridized carbons (Fsp3) is 0.769. The van der Waals surface area contributed by atoms with Crippen LogP contribution in [0.3, 0.4) is 0 Å². The average Bonchev–Trinajstić information content (AvgIpc) is 2.97. The molecule has 0 aliphatic carbocycles. The van der Waals surface area contributed by atoms with Gasteiger partial charge in [0.05, 0.1) is 5.41 Å². The molecule has 0 unspecified atom stereocenters. The van der Waals surface area contributed by atoms with Crippen LogP contribution < -0.4 is 0 Å². The Labute approximate surface area is 113 Å². The summed E-state index contributed by atoms with van der Waals surface area (Å²) in [5.74, 6) is 0.612. The van der Waals surface area contributed by atoms with Crippen LogP contribution in [0.25, 0.3) is 0 Å². The lowest BCUT2D eigenvalue weighted by Gasteiger charge is -2.26. The van der Waals surface area contributed by atoms with E-state index in [0.29, 0.717) is 19.0 Å². The SMILES string of the molecule is CC[C@@]1(c2ncno2)CCN(C(=O)OC(C)(C)C)C1. The summed E-state index contributed by atoms with van der Waals surface area (Å²) in [4.78, 5) is 17.9. The summed E-state index contributed by atoms with van der Waals surface area (Å²) in [5, 5.41) is 3.67. The van der Waals surface area contributed by atoms with Crippen molar-refractivity contribution in [1.29, 1.82) is 0 Å². The molecular formula is C13H21N3O3. The lowest BCUT2D eigenvalue weighted by Crippen LogP contribution is -2.38. The summed E-state index contributed by atoms with van der Waals surface area (Å²) in [7, 11) is 0. The molecule has 6 heteroatoms. The van der Waals surface area contributed by atoms with Gasteiger partial charge in [0.15, 0.2) is 6.33 Å². The first-order valence-electron chi connectivity index (χ1n) is 6.61. The largest absolute Gasteiger partial charge is 0.444 e. The van der Waals surface area contributed by atoms with Gasteiger partial charge in [0.25, 0.3) is 0 Å². The van der Waals surface area contributed by atoms with E-state index in [1.165, 1.54) is 6.33 Å². The molecule has 0 radical (unpaired) electrons. The molecule has 0 saturated carbocycles. The Hall–Kier alpha value is -1.59. The van der Waals surface area contributed by atoms with Crippen molar-refractivity contribution in [3.05, 3.63) is 12.2 Å². The van der Waals surface area contributed by atoms with Crippen LogP contribution in [0.5, 0.6) is 0 Å². The molecule has 1 aliphatic rings. The van der Waals surface area contributed by atoms with Gasteiger partial charge in [-0.15, -0.1) is 0 Å². The van der Waals surface area contributed by atoms with Crippen LogP contribution in [-0.4, -0.2) is 39.8 Å². The van der Waals surface area contributed by atoms with Crippen LogP contribution in [0.2, 0.25) is 0 Å². The first-order valence-corrected chi connectivity index (χ1v) is 6.61. The second kappa shape index (κ2) is 4.83. The van der Waals surface area contributed by atoms with Crippen molar-refractivity contribution >= 4 is 6.09 Å². The molecule has 0 aromatic carbocycles. The first kappa shape index (κ1) is 13.8. The van der Waals surface area contributed by atoms with Crippen molar-refractivity contribution in [3.63, 3.8) is 0 Å². The molecule has 2 heterocycles. The molecule has 1 aromatic rings. The van der Waals surface area contributed by atoms with E-state index >= 15 is 0 Å². The first-order chi connectivity index (χ1) is 8.86. The molecule has 106 valence electrons. The zero-order valence-corrected chi connectivity index (χ0v) is 12.0. The summed E-state index contributed by atoms with van der Waals surface area (Å²) >= 11 is 0. The van der Waals surface area contributed by atoms with E-state index < -0.39 is 5.60 Å². The minimum Gasteiger partial charge on any atom is -0.444 e. The topological polar surface area (TPSA) is 68.5 Å². The minimum atomic E-state index is -0.473. The van der Waals surface area contributed by atoms with Crippen LogP contribution in [0.4, 0.5) is 4.79 Å². The Morgan fingerprint density at radius 2 is 2.32 bits per heavy atom. The third kappa shape index (κ3) is 2.88. The highest BCUT2D eigenvalue weighted by Gasteiger charge is 2.44. The van der Waals surface area contributed by atoms with Gasteiger partial charge in [0.1, 0.15) is 5.60 Å². The maximum absolute atomic E-state index is 12.1. The molecule has 1 atom stereocenters. The lowest BCUT2D eigenvalue weighted by molar-refractivity contribution is 0.0280. The van der Waals surface area contributed by atoms with Gasteiger partial charge in [-0.25, -0.2) is 4.79 Å². The molecule has 6 nitrogen and oxygen atoms in total. The fourth-order valence-electron chi connectivity index (χ4n) is 2.38. The van der Waals surface area contributed by atoms with E-state index in [9.17, 15) is 4.79 Å². The van der Waals surface area contributed by atoms with Crippen molar-refractivity contribution in [1.82, 2.24) is 15.0 Å². The highest BCUT2D eigenvalue weighted by Crippen LogP contribution is 2.36.